The Bertz CT molecular complexity index is 1300. The fourth-order valence-corrected chi connectivity index (χ4v) is 4.66. The summed E-state index contributed by atoms with van der Waals surface area (Å²) >= 11 is 0. The van der Waals surface area contributed by atoms with Crippen molar-refractivity contribution in [2.45, 2.75) is 38.3 Å². The Hall–Kier alpha value is -3.45. The highest BCUT2D eigenvalue weighted by molar-refractivity contribution is 5.74. The van der Waals surface area contributed by atoms with Crippen molar-refractivity contribution in [3.05, 3.63) is 88.0 Å². The van der Waals surface area contributed by atoms with Crippen LogP contribution in [-0.4, -0.2) is 38.2 Å². The highest BCUT2D eigenvalue weighted by Crippen LogP contribution is 2.24. The van der Waals surface area contributed by atoms with Gasteiger partial charge < -0.3 is 10.6 Å². The summed E-state index contributed by atoms with van der Waals surface area (Å²) in [7, 11) is 1.81. The molecule has 1 aliphatic heterocycles. The number of anilines is 1. The van der Waals surface area contributed by atoms with E-state index in [-0.39, 0.29) is 11.6 Å². The summed E-state index contributed by atoms with van der Waals surface area (Å²) in [5.74, 6) is 1.54. The van der Waals surface area contributed by atoms with Crippen molar-refractivity contribution in [3.63, 3.8) is 0 Å². The molecule has 2 N–H and O–H groups in total. The summed E-state index contributed by atoms with van der Waals surface area (Å²) in [6.45, 7) is 2.19. The van der Waals surface area contributed by atoms with Gasteiger partial charge in [0.2, 0.25) is 5.95 Å². The number of aryl methyl sites for hydroxylation is 2. The molecular weight excluding hydrogens is 412 g/mol. The molecule has 7 heteroatoms. The van der Waals surface area contributed by atoms with Crippen LogP contribution in [0.3, 0.4) is 0 Å². The van der Waals surface area contributed by atoms with Crippen LogP contribution in [0.5, 0.6) is 0 Å². The Morgan fingerprint density at radius 2 is 1.67 bits per heavy atom. The third kappa shape index (κ3) is 4.41. The number of piperidine rings is 1. The number of hydrogen-bond acceptors (Lipinski definition) is 5. The highest BCUT2D eigenvalue weighted by atomic mass is 16.1. The average molecular weight is 443 g/mol. The van der Waals surface area contributed by atoms with Gasteiger partial charge >= 0.3 is 0 Å². The highest BCUT2D eigenvalue weighted by Gasteiger charge is 2.25. The second-order valence-electron chi connectivity index (χ2n) is 8.88. The van der Waals surface area contributed by atoms with Crippen LogP contribution < -0.4 is 16.2 Å². The number of imidazole rings is 1. The van der Waals surface area contributed by atoms with Gasteiger partial charge in [-0.15, -0.1) is 0 Å². The minimum absolute atomic E-state index is 0.0564. The monoisotopic (exact) mass is 442 g/mol. The number of benzene rings is 2. The van der Waals surface area contributed by atoms with Gasteiger partial charge in [0.15, 0.2) is 11.2 Å². The molecule has 1 unspecified atom stereocenters. The zero-order valence-corrected chi connectivity index (χ0v) is 19.0. The van der Waals surface area contributed by atoms with Crippen LogP contribution in [0.15, 0.2) is 65.5 Å². The first-order valence-corrected chi connectivity index (χ1v) is 11.6. The van der Waals surface area contributed by atoms with Gasteiger partial charge in [-0.3, -0.25) is 13.9 Å². The minimum atomic E-state index is -0.0564. The average Bonchev–Trinajstić information content (AvgIpc) is 3.20. The van der Waals surface area contributed by atoms with Gasteiger partial charge in [0.1, 0.15) is 5.82 Å². The number of nitrogens with two attached hydrogens (primary N) is 1. The standard InChI is InChI=1S/C26H30N6O/c1-30-22(15-14-19-9-4-2-5-10-19)28-24-23(25(30)33)32(17-20-11-6-3-7-12-20)26(29-24)31-16-8-13-21(27)18-31/h2-7,9-12,21H,8,13-18,27H2,1H3. The van der Waals surface area contributed by atoms with Crippen LogP contribution in [0.4, 0.5) is 5.95 Å². The van der Waals surface area contributed by atoms with Gasteiger partial charge in [-0.25, -0.2) is 4.98 Å². The molecule has 2 aromatic heterocycles. The van der Waals surface area contributed by atoms with Crippen LogP contribution in [0, 0.1) is 0 Å². The zero-order valence-electron chi connectivity index (χ0n) is 19.0. The van der Waals surface area contributed by atoms with E-state index in [4.69, 9.17) is 15.7 Å². The Morgan fingerprint density at radius 3 is 2.36 bits per heavy atom. The van der Waals surface area contributed by atoms with Crippen LogP contribution in [-0.2, 0) is 26.4 Å². The lowest BCUT2D eigenvalue weighted by Crippen LogP contribution is -2.44. The molecule has 1 aliphatic rings. The Kier molecular flexibility index (Phi) is 5.96. The van der Waals surface area contributed by atoms with Crippen molar-refractivity contribution in [2.75, 3.05) is 18.0 Å². The number of rotatable bonds is 6. The van der Waals surface area contributed by atoms with E-state index in [9.17, 15) is 4.79 Å². The lowest BCUT2D eigenvalue weighted by Gasteiger charge is -2.31. The number of hydrogen-bond donors (Lipinski definition) is 1. The predicted molar refractivity (Wildman–Crippen MR) is 132 cm³/mol. The largest absolute Gasteiger partial charge is 0.341 e. The Balaban J connectivity index is 1.58. The van der Waals surface area contributed by atoms with E-state index < -0.39 is 0 Å². The van der Waals surface area contributed by atoms with E-state index in [1.165, 1.54) is 5.56 Å². The van der Waals surface area contributed by atoms with Crippen molar-refractivity contribution in [3.8, 4) is 0 Å². The van der Waals surface area contributed by atoms with Gasteiger partial charge in [-0.2, -0.15) is 4.98 Å². The molecule has 7 nitrogen and oxygen atoms in total. The molecular formula is C26H30N6O. The molecule has 2 aromatic carbocycles. The first kappa shape index (κ1) is 21.4. The Morgan fingerprint density at radius 1 is 0.970 bits per heavy atom. The van der Waals surface area contributed by atoms with Crippen LogP contribution in [0.25, 0.3) is 11.2 Å². The first-order chi connectivity index (χ1) is 16.1. The van der Waals surface area contributed by atoms with E-state index in [0.717, 1.165) is 49.7 Å². The molecule has 0 bridgehead atoms. The fraction of sp³-hybridized carbons (Fsp3) is 0.346. The lowest BCUT2D eigenvalue weighted by atomic mass is 10.1. The maximum absolute atomic E-state index is 13.6. The van der Waals surface area contributed by atoms with Gasteiger partial charge in [0.05, 0.1) is 6.54 Å². The van der Waals surface area contributed by atoms with E-state index >= 15 is 0 Å². The van der Waals surface area contributed by atoms with Crippen LogP contribution >= 0.6 is 0 Å². The molecule has 1 atom stereocenters. The number of nitrogens with zero attached hydrogens (tertiary/aromatic N) is 5. The third-order valence-corrected chi connectivity index (χ3v) is 6.46. The lowest BCUT2D eigenvalue weighted by molar-refractivity contribution is 0.495. The van der Waals surface area contributed by atoms with E-state index in [1.54, 1.807) is 4.57 Å². The summed E-state index contributed by atoms with van der Waals surface area (Å²) in [6, 6.07) is 20.6. The number of fused-ring (bicyclic) bond motifs is 1. The van der Waals surface area contributed by atoms with Crippen molar-refractivity contribution >= 4 is 17.1 Å². The molecule has 0 radical (unpaired) electrons. The van der Waals surface area contributed by atoms with Crippen molar-refractivity contribution in [1.29, 1.82) is 0 Å². The third-order valence-electron chi connectivity index (χ3n) is 6.46. The molecule has 33 heavy (non-hydrogen) atoms. The summed E-state index contributed by atoms with van der Waals surface area (Å²) < 4.78 is 3.71. The van der Waals surface area contributed by atoms with Crippen LogP contribution in [0.1, 0.15) is 29.8 Å². The zero-order chi connectivity index (χ0) is 22.8. The van der Waals surface area contributed by atoms with E-state index in [1.807, 2.05) is 48.0 Å². The topological polar surface area (TPSA) is 82.0 Å². The molecule has 0 spiro atoms. The quantitative estimate of drug-likeness (QED) is 0.497. The summed E-state index contributed by atoms with van der Waals surface area (Å²) in [6.07, 6.45) is 3.54. The maximum Gasteiger partial charge on any atom is 0.279 e. The SMILES string of the molecule is Cn1c(CCc2ccccc2)nc2nc(N3CCCC(N)C3)n(Cc3ccccc3)c2c1=O. The van der Waals surface area contributed by atoms with Gasteiger partial charge in [0.25, 0.3) is 5.56 Å². The molecule has 0 aliphatic carbocycles. The summed E-state index contributed by atoms with van der Waals surface area (Å²) in [4.78, 5) is 25.5. The first-order valence-electron chi connectivity index (χ1n) is 11.6. The summed E-state index contributed by atoms with van der Waals surface area (Å²) in [5, 5.41) is 0. The van der Waals surface area contributed by atoms with Crippen molar-refractivity contribution < 1.29 is 0 Å². The van der Waals surface area contributed by atoms with Crippen LogP contribution in [0.2, 0.25) is 0 Å². The molecule has 1 fully saturated rings. The number of aromatic nitrogens is 4. The second-order valence-corrected chi connectivity index (χ2v) is 8.88. The summed E-state index contributed by atoms with van der Waals surface area (Å²) in [5.41, 5.74) is 9.64. The van der Waals surface area contributed by atoms with Crippen molar-refractivity contribution in [2.24, 2.45) is 12.8 Å². The molecule has 5 rings (SSSR count). The molecule has 0 saturated carbocycles. The van der Waals surface area contributed by atoms with Gasteiger partial charge in [-0.05, 0) is 30.4 Å². The fourth-order valence-electron chi connectivity index (χ4n) is 4.66. The maximum atomic E-state index is 13.6. The molecule has 4 aromatic rings. The predicted octanol–water partition coefficient (Wildman–Crippen LogP) is 2.89. The van der Waals surface area contributed by atoms with E-state index in [0.29, 0.717) is 24.1 Å². The molecule has 3 heterocycles. The van der Waals surface area contributed by atoms with Gasteiger partial charge in [-0.1, -0.05) is 60.7 Å². The van der Waals surface area contributed by atoms with Gasteiger partial charge in [0, 0.05) is 32.6 Å². The second kappa shape index (κ2) is 9.19. The smallest absolute Gasteiger partial charge is 0.279 e. The van der Waals surface area contributed by atoms with Crippen molar-refractivity contribution in [1.82, 2.24) is 19.1 Å². The molecule has 1 saturated heterocycles. The Labute approximate surface area is 193 Å². The normalized spacial score (nSPS) is 16.4. The minimum Gasteiger partial charge on any atom is -0.341 e. The molecule has 170 valence electrons. The molecule has 0 amide bonds. The van der Waals surface area contributed by atoms with E-state index in [2.05, 4.69) is 29.2 Å².